The number of aromatic nitrogens is 1. The minimum atomic E-state index is -0.902. The maximum atomic E-state index is 11.0. The van der Waals surface area contributed by atoms with Gasteiger partial charge in [0.05, 0.1) is 0 Å². The molecule has 3 heteroatoms. The van der Waals surface area contributed by atoms with Crippen molar-refractivity contribution >= 4 is 16.9 Å². The topological polar surface area (TPSA) is 53.1 Å². The molecule has 2 aromatic rings. The van der Waals surface area contributed by atoms with Crippen molar-refractivity contribution in [1.82, 2.24) is 4.98 Å². The van der Waals surface area contributed by atoms with Crippen LogP contribution >= 0.6 is 0 Å². The Kier molecular flexibility index (Phi) is 2.03. The van der Waals surface area contributed by atoms with Crippen LogP contribution in [-0.2, 0) is 0 Å². The quantitative estimate of drug-likeness (QED) is 0.748. The summed E-state index contributed by atoms with van der Waals surface area (Å²) in [4.78, 5) is 13.9. The van der Waals surface area contributed by atoms with Gasteiger partial charge >= 0.3 is 5.97 Å². The molecule has 0 amide bonds. The number of aromatic amines is 1. The van der Waals surface area contributed by atoms with Gasteiger partial charge < -0.3 is 10.1 Å². The van der Waals surface area contributed by atoms with Crippen LogP contribution < -0.4 is 0 Å². The maximum absolute atomic E-state index is 11.0. The van der Waals surface area contributed by atoms with Crippen molar-refractivity contribution in [1.29, 1.82) is 0 Å². The first-order valence-corrected chi connectivity index (χ1v) is 4.83. The number of carbonyl (C=O) groups is 1. The highest BCUT2D eigenvalue weighted by Gasteiger charge is 2.14. The van der Waals surface area contributed by atoms with E-state index in [-0.39, 0.29) is 0 Å². The van der Waals surface area contributed by atoms with Crippen molar-refractivity contribution in [2.24, 2.45) is 0 Å². The monoisotopic (exact) mass is 203 g/mol. The number of aryl methyl sites for hydroxylation is 3. The molecule has 1 aromatic carbocycles. The van der Waals surface area contributed by atoms with Crippen molar-refractivity contribution in [2.45, 2.75) is 20.8 Å². The molecule has 0 aliphatic heterocycles. The number of hydrogen-bond donors (Lipinski definition) is 2. The second kappa shape index (κ2) is 3.12. The third-order valence-corrected chi connectivity index (χ3v) is 2.70. The van der Waals surface area contributed by atoms with Crippen LogP contribution in [0.5, 0.6) is 0 Å². The van der Waals surface area contributed by atoms with Crippen LogP contribution in [0.15, 0.2) is 12.1 Å². The minimum Gasteiger partial charge on any atom is -0.477 e. The van der Waals surface area contributed by atoms with Crippen LogP contribution in [0.4, 0.5) is 0 Å². The Labute approximate surface area is 87.7 Å². The zero-order chi connectivity index (χ0) is 11.2. The van der Waals surface area contributed by atoms with Gasteiger partial charge in [-0.2, -0.15) is 0 Å². The number of nitrogens with one attached hydrogen (secondary N) is 1. The van der Waals surface area contributed by atoms with Gasteiger partial charge in [-0.05, 0) is 43.5 Å². The first-order chi connectivity index (χ1) is 7.00. The fourth-order valence-electron chi connectivity index (χ4n) is 2.13. The first-order valence-electron chi connectivity index (χ1n) is 4.83. The lowest BCUT2D eigenvalue weighted by molar-refractivity contribution is 0.0691. The van der Waals surface area contributed by atoms with E-state index in [0.29, 0.717) is 5.69 Å². The Morgan fingerprint density at radius 1 is 1.27 bits per heavy atom. The highest BCUT2D eigenvalue weighted by Crippen LogP contribution is 2.26. The molecule has 0 atom stereocenters. The van der Waals surface area contributed by atoms with E-state index in [4.69, 9.17) is 5.11 Å². The van der Waals surface area contributed by atoms with E-state index in [1.54, 1.807) is 0 Å². The van der Waals surface area contributed by atoms with Crippen molar-refractivity contribution < 1.29 is 9.90 Å². The first kappa shape index (κ1) is 9.77. The van der Waals surface area contributed by atoms with Crippen molar-refractivity contribution in [2.75, 3.05) is 0 Å². The molecule has 2 rings (SSSR count). The number of benzene rings is 1. The Balaban J connectivity index is 2.88. The molecule has 0 aliphatic carbocycles. The van der Waals surface area contributed by atoms with Gasteiger partial charge in [-0.1, -0.05) is 6.07 Å². The van der Waals surface area contributed by atoms with Gasteiger partial charge in [0.25, 0.3) is 0 Å². The Hall–Kier alpha value is -1.77. The number of aromatic carboxylic acids is 1. The smallest absolute Gasteiger partial charge is 0.352 e. The van der Waals surface area contributed by atoms with Crippen molar-refractivity contribution in [3.8, 4) is 0 Å². The predicted octanol–water partition coefficient (Wildman–Crippen LogP) is 2.79. The standard InChI is InChI=1S/C12H13NO2/c1-6-4-7(2)10-8(3)11(12(14)15)13-9(10)5-6/h4-5,13H,1-3H3,(H,14,15). The SMILES string of the molecule is Cc1cc(C)c2c(C)c(C(=O)O)[nH]c2c1. The highest BCUT2D eigenvalue weighted by molar-refractivity contribution is 5.98. The number of carboxylic acid groups (broad SMARTS) is 1. The van der Waals surface area contributed by atoms with Crippen LogP contribution in [-0.4, -0.2) is 16.1 Å². The third kappa shape index (κ3) is 1.40. The summed E-state index contributed by atoms with van der Waals surface area (Å²) in [6.45, 7) is 5.84. The molecule has 0 saturated heterocycles. The van der Waals surface area contributed by atoms with Crippen LogP contribution in [0, 0.1) is 20.8 Å². The number of hydrogen-bond acceptors (Lipinski definition) is 1. The van der Waals surface area contributed by atoms with Gasteiger partial charge in [0.2, 0.25) is 0 Å². The summed E-state index contributed by atoms with van der Waals surface area (Å²) in [7, 11) is 0. The van der Waals surface area contributed by atoms with Gasteiger partial charge in [-0.15, -0.1) is 0 Å². The molecule has 0 saturated carbocycles. The van der Waals surface area contributed by atoms with Crippen LogP contribution in [0.3, 0.4) is 0 Å². The maximum Gasteiger partial charge on any atom is 0.352 e. The van der Waals surface area contributed by atoms with E-state index in [0.717, 1.165) is 27.6 Å². The molecule has 15 heavy (non-hydrogen) atoms. The molecular formula is C12H13NO2. The van der Waals surface area contributed by atoms with E-state index in [1.807, 2.05) is 26.8 Å². The zero-order valence-electron chi connectivity index (χ0n) is 9.01. The van der Waals surface area contributed by atoms with E-state index < -0.39 is 5.97 Å². The summed E-state index contributed by atoms with van der Waals surface area (Å²) in [5.74, 6) is -0.902. The van der Waals surface area contributed by atoms with E-state index >= 15 is 0 Å². The molecule has 2 N–H and O–H groups in total. The summed E-state index contributed by atoms with van der Waals surface area (Å²) >= 11 is 0. The molecule has 0 radical (unpaired) electrons. The second-order valence-corrected chi connectivity index (χ2v) is 3.93. The minimum absolute atomic E-state index is 0.290. The molecule has 78 valence electrons. The molecule has 3 nitrogen and oxygen atoms in total. The Morgan fingerprint density at radius 2 is 1.93 bits per heavy atom. The Morgan fingerprint density at radius 3 is 2.53 bits per heavy atom. The molecular weight excluding hydrogens is 190 g/mol. The highest BCUT2D eigenvalue weighted by atomic mass is 16.4. The summed E-state index contributed by atoms with van der Waals surface area (Å²) in [5, 5.41) is 10.0. The lowest BCUT2D eigenvalue weighted by Gasteiger charge is -1.99. The van der Waals surface area contributed by atoms with Crippen LogP contribution in [0.1, 0.15) is 27.2 Å². The van der Waals surface area contributed by atoms with Crippen LogP contribution in [0.2, 0.25) is 0 Å². The number of fused-ring (bicyclic) bond motifs is 1. The fraction of sp³-hybridized carbons (Fsp3) is 0.250. The normalized spacial score (nSPS) is 10.9. The van der Waals surface area contributed by atoms with Gasteiger partial charge in [-0.3, -0.25) is 0 Å². The average molecular weight is 203 g/mol. The summed E-state index contributed by atoms with van der Waals surface area (Å²) in [6.07, 6.45) is 0. The molecule has 0 aliphatic rings. The molecule has 1 aromatic heterocycles. The predicted molar refractivity (Wildman–Crippen MR) is 59.5 cm³/mol. The number of rotatable bonds is 1. The van der Waals surface area contributed by atoms with Gasteiger partial charge in [-0.25, -0.2) is 4.79 Å². The Bertz CT molecular complexity index is 552. The van der Waals surface area contributed by atoms with Gasteiger partial charge in [0.15, 0.2) is 0 Å². The van der Waals surface area contributed by atoms with Gasteiger partial charge in [0, 0.05) is 10.9 Å². The molecule has 1 heterocycles. The van der Waals surface area contributed by atoms with E-state index in [1.165, 1.54) is 0 Å². The fourth-order valence-corrected chi connectivity index (χ4v) is 2.13. The largest absolute Gasteiger partial charge is 0.477 e. The summed E-state index contributed by atoms with van der Waals surface area (Å²) in [5.41, 5.74) is 4.26. The van der Waals surface area contributed by atoms with E-state index in [2.05, 4.69) is 11.1 Å². The number of H-pyrrole nitrogens is 1. The van der Waals surface area contributed by atoms with Crippen molar-refractivity contribution in [3.05, 3.63) is 34.5 Å². The van der Waals surface area contributed by atoms with Crippen molar-refractivity contribution in [3.63, 3.8) is 0 Å². The second-order valence-electron chi connectivity index (χ2n) is 3.93. The average Bonchev–Trinajstić information content (AvgIpc) is 2.42. The summed E-state index contributed by atoms with van der Waals surface area (Å²) in [6, 6.07) is 4.04. The molecule has 0 bridgehead atoms. The summed E-state index contributed by atoms with van der Waals surface area (Å²) < 4.78 is 0. The molecule has 0 fully saturated rings. The van der Waals surface area contributed by atoms with Crippen LogP contribution in [0.25, 0.3) is 10.9 Å². The lowest BCUT2D eigenvalue weighted by atomic mass is 10.0. The third-order valence-electron chi connectivity index (χ3n) is 2.70. The zero-order valence-corrected chi connectivity index (χ0v) is 9.01. The molecule has 0 unspecified atom stereocenters. The molecule has 0 spiro atoms. The lowest BCUT2D eigenvalue weighted by Crippen LogP contribution is -1.98. The van der Waals surface area contributed by atoms with E-state index in [9.17, 15) is 4.79 Å². The van der Waals surface area contributed by atoms with Gasteiger partial charge in [0.1, 0.15) is 5.69 Å². The number of carboxylic acids is 1.